The highest BCUT2D eigenvalue weighted by atomic mass is 79.9. The molecule has 0 saturated carbocycles. The number of nitrogens with one attached hydrogen (secondary N) is 8. The Morgan fingerprint density at radius 2 is 0.396 bits per heavy atom. The molecule has 0 heterocycles. The van der Waals surface area contributed by atoms with Gasteiger partial charge in [-0.05, 0) is 323 Å². The first-order valence-electron chi connectivity index (χ1n) is 43.9. The molecule has 16 aromatic rings. The van der Waals surface area contributed by atoms with E-state index in [2.05, 4.69) is 77.5 Å². The number of amides is 8. The van der Waals surface area contributed by atoms with E-state index in [-0.39, 0.29) is 47.3 Å². The van der Waals surface area contributed by atoms with E-state index in [1.807, 2.05) is 214 Å². The molecule has 21 nitrogen and oxygen atoms in total. The Kier molecular flexibility index (Phi) is 44.6. The number of unbranched alkanes of at least 4 members (excludes halogenated alkanes) is 1. The van der Waals surface area contributed by atoms with Gasteiger partial charge in [0.05, 0.1) is 35.5 Å². The van der Waals surface area contributed by atoms with Gasteiger partial charge in [-0.1, -0.05) is 191 Å². The number of anilines is 8. The Morgan fingerprint density at radius 3 is 0.597 bits per heavy atom. The summed E-state index contributed by atoms with van der Waals surface area (Å²) in [4.78, 5) is 95.0. The van der Waals surface area contributed by atoms with E-state index in [0.717, 1.165) is 85.0 Å². The number of benzene rings is 16. The van der Waals surface area contributed by atoms with E-state index in [9.17, 15) is 38.4 Å². The summed E-state index contributed by atoms with van der Waals surface area (Å²) in [6.45, 7) is 6.21. The fraction of sp³-hybridized carbons (Fsp3) is 0.0957. The zero-order chi connectivity index (χ0) is 99.3. The van der Waals surface area contributed by atoms with Crippen molar-refractivity contribution in [1.82, 2.24) is 0 Å². The molecule has 706 valence electrons. The van der Waals surface area contributed by atoms with Crippen molar-refractivity contribution >= 4 is 132 Å². The van der Waals surface area contributed by atoms with Crippen molar-refractivity contribution in [1.29, 1.82) is 0 Å². The van der Waals surface area contributed by atoms with Gasteiger partial charge in [0, 0.05) is 105 Å². The molecule has 139 heavy (non-hydrogen) atoms. The van der Waals surface area contributed by atoms with E-state index in [1.165, 1.54) is 24.0 Å². The highest BCUT2D eigenvalue weighted by Crippen LogP contribution is 2.24. The van der Waals surface area contributed by atoms with Crippen molar-refractivity contribution in [3.05, 3.63) is 494 Å². The van der Waals surface area contributed by atoms with E-state index in [1.54, 1.807) is 242 Å². The standard InChI is InChI=1S/C18H21NO2.C15H15NO2.C14H12BrNO2.C14H12ClNO2.C14H13NO2.C14H13NO.C13H10ClNO.C13H11NO/c1-3-4-5-14-6-10-16(11-7-14)19-18(20)15-8-12-17(21-2)13-9-15;1-11-3-7-13(8-4-11)16-15(17)12-5-9-14(18-2)10-6-12;2*1-18-13-8-2-10(3-9-13)14(17)16-12-6-4-11(15)5-7-12;1-17-13-9-7-11(8-10-13)14(16)15-12-5-3-2-4-6-12;1-11-7-9-13(10-8-11)15-14(16)12-5-3-2-4-6-12;14-11-6-8-12(9-7-11)15-13(16)10-4-2-1-3-5-10;15-13(11-7-3-1-4-8-11)14-12-9-5-2-6-10-12/h6-13H,3-5H2,1-2H3,(H,19,20);3-10H,1-2H3,(H,16,17);2*2-9H,1H3,(H,16,17);2-10H,1H3,(H,15,16);2-10H,1H3,(H,15,16);1-9H,(H,15,16);1-10H,(H,14,15). The maximum absolute atomic E-state index is 12.1. The maximum atomic E-state index is 12.1. The minimum Gasteiger partial charge on any atom is -0.497 e. The van der Waals surface area contributed by atoms with Gasteiger partial charge in [0.1, 0.15) is 28.7 Å². The van der Waals surface area contributed by atoms with Gasteiger partial charge in [0.15, 0.2) is 0 Å². The number of carbonyl (C=O) groups excluding carboxylic acids is 8. The van der Waals surface area contributed by atoms with Crippen molar-refractivity contribution in [3.8, 4) is 28.7 Å². The molecule has 16 aromatic carbocycles. The minimum atomic E-state index is -0.167. The lowest BCUT2D eigenvalue weighted by Gasteiger charge is -2.07. The van der Waals surface area contributed by atoms with Crippen LogP contribution in [-0.2, 0) is 6.42 Å². The Hall–Kier alpha value is -16.7. The van der Waals surface area contributed by atoms with Crippen molar-refractivity contribution in [2.75, 3.05) is 78.1 Å². The second-order valence-corrected chi connectivity index (χ2v) is 31.9. The summed E-state index contributed by atoms with van der Waals surface area (Å²) in [6, 6.07) is 126. The van der Waals surface area contributed by atoms with Crippen LogP contribution in [0.2, 0.25) is 10.0 Å². The number of halogens is 3. The van der Waals surface area contributed by atoms with Gasteiger partial charge in [0.2, 0.25) is 0 Å². The van der Waals surface area contributed by atoms with Crippen LogP contribution in [0, 0.1) is 13.8 Å². The van der Waals surface area contributed by atoms with Crippen LogP contribution < -0.4 is 66.2 Å². The molecule has 24 heteroatoms. The Labute approximate surface area is 829 Å². The minimum absolute atomic E-state index is 0.0792. The molecule has 0 aliphatic rings. The average Bonchev–Trinajstić information content (AvgIpc) is 0.870. The highest BCUT2D eigenvalue weighted by molar-refractivity contribution is 9.10. The molecule has 0 fully saturated rings. The third-order valence-corrected chi connectivity index (χ3v) is 20.9. The topological polar surface area (TPSA) is 279 Å². The van der Waals surface area contributed by atoms with Crippen LogP contribution in [0.3, 0.4) is 0 Å². The first kappa shape index (κ1) is 106. The van der Waals surface area contributed by atoms with Gasteiger partial charge >= 0.3 is 0 Å². The van der Waals surface area contributed by atoms with Gasteiger partial charge in [-0.2, -0.15) is 0 Å². The molecule has 0 aromatic heterocycles. The van der Waals surface area contributed by atoms with Crippen LogP contribution in [-0.4, -0.2) is 82.8 Å². The second-order valence-electron chi connectivity index (χ2n) is 30.2. The molecule has 0 bridgehead atoms. The predicted octanol–water partition coefficient (Wildman–Crippen LogP) is 27.6. The summed E-state index contributed by atoms with van der Waals surface area (Å²) in [5, 5.41) is 23.9. The molecule has 0 radical (unpaired) electrons. The normalized spacial score (nSPS) is 9.86. The molecule has 0 aliphatic heterocycles. The largest absolute Gasteiger partial charge is 0.497 e. The molecular formula is C115H107BrCl2N8O13. The third-order valence-electron chi connectivity index (χ3n) is 19.9. The van der Waals surface area contributed by atoms with Crippen LogP contribution in [0.1, 0.15) is 119 Å². The van der Waals surface area contributed by atoms with E-state index >= 15 is 0 Å². The molecule has 0 spiro atoms. The summed E-state index contributed by atoms with van der Waals surface area (Å²) in [5.74, 6) is 2.72. The van der Waals surface area contributed by atoms with E-state index in [0.29, 0.717) is 60.2 Å². The number of hydrogen-bond acceptors (Lipinski definition) is 13. The van der Waals surface area contributed by atoms with Gasteiger partial charge in [-0.25, -0.2) is 0 Å². The quantitative estimate of drug-likeness (QED) is 0.0280. The monoisotopic (exact) mass is 1960 g/mol. The van der Waals surface area contributed by atoms with Crippen LogP contribution in [0.25, 0.3) is 0 Å². The van der Waals surface area contributed by atoms with Crippen LogP contribution in [0.15, 0.2) is 423 Å². The lowest BCUT2D eigenvalue weighted by atomic mass is 10.1. The number of rotatable bonds is 24. The summed E-state index contributed by atoms with van der Waals surface area (Å²) < 4.78 is 26.2. The van der Waals surface area contributed by atoms with Crippen molar-refractivity contribution in [2.45, 2.75) is 40.0 Å². The molecular weight excluding hydrogens is 1850 g/mol. The number of ether oxygens (including phenoxy) is 5. The van der Waals surface area contributed by atoms with Crippen LogP contribution >= 0.6 is 39.1 Å². The van der Waals surface area contributed by atoms with Crippen molar-refractivity contribution in [2.24, 2.45) is 0 Å². The highest BCUT2D eigenvalue weighted by Gasteiger charge is 2.14. The van der Waals surface area contributed by atoms with Gasteiger partial charge in [-0.3, -0.25) is 38.4 Å². The van der Waals surface area contributed by atoms with E-state index < -0.39 is 0 Å². The maximum Gasteiger partial charge on any atom is 0.255 e. The summed E-state index contributed by atoms with van der Waals surface area (Å²) in [7, 11) is 7.98. The van der Waals surface area contributed by atoms with Crippen LogP contribution in [0.4, 0.5) is 45.5 Å². The summed E-state index contributed by atoms with van der Waals surface area (Å²) in [5.41, 5.74) is 14.9. The lowest BCUT2D eigenvalue weighted by molar-refractivity contribution is 0.101. The lowest BCUT2D eigenvalue weighted by Crippen LogP contribution is -2.11. The Bertz CT molecular complexity index is 6100. The number of methoxy groups -OCH3 is 5. The first-order valence-corrected chi connectivity index (χ1v) is 45.5. The fourth-order valence-corrected chi connectivity index (χ4v) is 12.7. The zero-order valence-corrected chi connectivity index (χ0v) is 81.0. The van der Waals surface area contributed by atoms with Crippen molar-refractivity contribution in [3.63, 3.8) is 0 Å². The fourth-order valence-electron chi connectivity index (χ4n) is 12.2. The average molecular weight is 1960 g/mol. The second kappa shape index (κ2) is 58.5. The van der Waals surface area contributed by atoms with Gasteiger partial charge < -0.3 is 66.2 Å². The van der Waals surface area contributed by atoms with Gasteiger partial charge in [-0.15, -0.1) is 0 Å². The third kappa shape index (κ3) is 38.7. The molecule has 8 N–H and O–H groups in total. The summed E-state index contributed by atoms with van der Waals surface area (Å²) in [6.07, 6.45) is 3.47. The Morgan fingerprint density at radius 1 is 0.223 bits per heavy atom. The van der Waals surface area contributed by atoms with Gasteiger partial charge in [0.25, 0.3) is 47.3 Å². The molecule has 0 aliphatic carbocycles. The first-order chi connectivity index (χ1) is 67.4. The number of hydrogen-bond donors (Lipinski definition) is 8. The predicted molar refractivity (Wildman–Crippen MR) is 565 cm³/mol. The summed E-state index contributed by atoms with van der Waals surface area (Å²) >= 11 is 14.9. The molecule has 0 saturated heterocycles. The Balaban J connectivity index is 0.000000178. The SMILES string of the molecule is CCCCc1ccc(NC(=O)c2ccc(OC)cc2)cc1.COc1ccc(C(=O)Nc2ccc(Br)cc2)cc1.COc1ccc(C(=O)Nc2ccc(C)cc2)cc1.COc1ccc(C(=O)Nc2ccc(Cl)cc2)cc1.COc1ccc(C(=O)Nc2ccccc2)cc1.Cc1ccc(NC(=O)c2ccccc2)cc1.O=C(Nc1ccc(Cl)cc1)c1ccccc1.O=C(Nc1ccccc1)c1ccccc1. The molecule has 0 unspecified atom stereocenters. The van der Waals surface area contributed by atoms with Crippen LogP contribution in [0.5, 0.6) is 28.7 Å². The van der Waals surface area contributed by atoms with Crippen molar-refractivity contribution < 1.29 is 62.0 Å². The number of aryl methyl sites for hydroxylation is 3. The number of para-hydroxylation sites is 2. The zero-order valence-electron chi connectivity index (χ0n) is 77.9. The number of carbonyl (C=O) groups is 8. The van der Waals surface area contributed by atoms with E-state index in [4.69, 9.17) is 46.9 Å². The molecule has 16 rings (SSSR count). The smallest absolute Gasteiger partial charge is 0.255 e. The molecule has 0 atom stereocenters. The molecule has 8 amide bonds.